The van der Waals surface area contributed by atoms with Crippen LogP contribution in [0, 0.1) is 0 Å². The molecule has 0 amide bonds. The second-order valence-electron chi connectivity index (χ2n) is 3.75. The molecule has 0 aromatic carbocycles. The zero-order chi connectivity index (χ0) is 10.6. The standard InChI is InChI=1S/C9H17F3N2/c1-2-13-8-4-3-5-14(6-8)7-9(10,11)12/h8,13H,2-7H2,1H3. The third kappa shape index (κ3) is 4.28. The van der Waals surface area contributed by atoms with Crippen LogP contribution in [0.2, 0.25) is 0 Å². The lowest BCUT2D eigenvalue weighted by atomic mass is 10.1. The summed E-state index contributed by atoms with van der Waals surface area (Å²) in [7, 11) is 0. The van der Waals surface area contributed by atoms with Crippen molar-refractivity contribution in [2.45, 2.75) is 32.0 Å². The van der Waals surface area contributed by atoms with Gasteiger partial charge >= 0.3 is 6.18 Å². The molecule has 2 nitrogen and oxygen atoms in total. The van der Waals surface area contributed by atoms with Gasteiger partial charge in [-0.3, -0.25) is 4.90 Å². The van der Waals surface area contributed by atoms with Crippen molar-refractivity contribution < 1.29 is 13.2 Å². The number of rotatable bonds is 3. The molecular weight excluding hydrogens is 193 g/mol. The molecule has 0 saturated carbocycles. The third-order valence-corrected chi connectivity index (χ3v) is 2.40. The van der Waals surface area contributed by atoms with Crippen LogP contribution in [0.15, 0.2) is 0 Å². The predicted molar refractivity (Wildman–Crippen MR) is 49.2 cm³/mol. The average molecular weight is 210 g/mol. The molecule has 1 fully saturated rings. The molecule has 0 bridgehead atoms. The summed E-state index contributed by atoms with van der Waals surface area (Å²) in [5.41, 5.74) is 0. The first-order chi connectivity index (χ1) is 6.51. The molecule has 0 aliphatic carbocycles. The van der Waals surface area contributed by atoms with Gasteiger partial charge in [0.1, 0.15) is 0 Å². The summed E-state index contributed by atoms with van der Waals surface area (Å²) in [6.45, 7) is 3.12. The molecule has 0 spiro atoms. The van der Waals surface area contributed by atoms with Crippen molar-refractivity contribution in [3.8, 4) is 0 Å². The van der Waals surface area contributed by atoms with Crippen LogP contribution in [-0.4, -0.2) is 43.3 Å². The van der Waals surface area contributed by atoms with Crippen molar-refractivity contribution in [3.63, 3.8) is 0 Å². The first kappa shape index (κ1) is 11.8. The Morgan fingerprint density at radius 2 is 2.14 bits per heavy atom. The molecule has 1 heterocycles. The minimum atomic E-state index is -4.06. The summed E-state index contributed by atoms with van der Waals surface area (Å²) in [5.74, 6) is 0. The van der Waals surface area contributed by atoms with Gasteiger partial charge in [-0.25, -0.2) is 0 Å². The van der Waals surface area contributed by atoms with Gasteiger partial charge in [0.05, 0.1) is 6.54 Å². The molecule has 1 aliphatic rings. The monoisotopic (exact) mass is 210 g/mol. The highest BCUT2D eigenvalue weighted by Gasteiger charge is 2.32. The molecule has 1 saturated heterocycles. The Bertz CT molecular complexity index is 168. The minimum absolute atomic E-state index is 0.232. The van der Waals surface area contributed by atoms with Gasteiger partial charge in [-0.05, 0) is 25.9 Å². The van der Waals surface area contributed by atoms with Crippen LogP contribution in [0.5, 0.6) is 0 Å². The Hall–Kier alpha value is -0.290. The van der Waals surface area contributed by atoms with E-state index in [1.54, 1.807) is 0 Å². The van der Waals surface area contributed by atoms with Gasteiger partial charge in [0, 0.05) is 12.6 Å². The number of nitrogens with one attached hydrogen (secondary N) is 1. The summed E-state index contributed by atoms with van der Waals surface area (Å²) in [6.07, 6.45) is -2.22. The van der Waals surface area contributed by atoms with Crippen molar-refractivity contribution in [1.82, 2.24) is 10.2 Å². The highest BCUT2D eigenvalue weighted by atomic mass is 19.4. The van der Waals surface area contributed by atoms with E-state index >= 15 is 0 Å². The van der Waals surface area contributed by atoms with Crippen LogP contribution in [0.4, 0.5) is 13.2 Å². The molecular formula is C9H17F3N2. The number of hydrogen-bond acceptors (Lipinski definition) is 2. The van der Waals surface area contributed by atoms with Crippen LogP contribution >= 0.6 is 0 Å². The summed E-state index contributed by atoms with van der Waals surface area (Å²) < 4.78 is 36.3. The highest BCUT2D eigenvalue weighted by molar-refractivity contribution is 4.78. The lowest BCUT2D eigenvalue weighted by Crippen LogP contribution is -2.48. The summed E-state index contributed by atoms with van der Waals surface area (Å²) in [6, 6.07) is 0.232. The maximum absolute atomic E-state index is 12.1. The Morgan fingerprint density at radius 3 is 2.71 bits per heavy atom. The number of piperidine rings is 1. The smallest absolute Gasteiger partial charge is 0.313 e. The van der Waals surface area contributed by atoms with Crippen molar-refractivity contribution in [2.75, 3.05) is 26.2 Å². The Kier molecular flexibility index (Phi) is 4.19. The number of nitrogens with zero attached hydrogens (tertiary/aromatic N) is 1. The van der Waals surface area contributed by atoms with Crippen LogP contribution in [0.1, 0.15) is 19.8 Å². The molecule has 0 radical (unpaired) electrons. The summed E-state index contributed by atoms with van der Waals surface area (Å²) in [5, 5.41) is 3.19. The van der Waals surface area contributed by atoms with Crippen molar-refractivity contribution in [1.29, 1.82) is 0 Å². The number of halogens is 3. The quantitative estimate of drug-likeness (QED) is 0.761. The van der Waals surface area contributed by atoms with E-state index < -0.39 is 12.7 Å². The van der Waals surface area contributed by atoms with Crippen molar-refractivity contribution in [3.05, 3.63) is 0 Å². The van der Waals surface area contributed by atoms with Gasteiger partial charge in [-0.1, -0.05) is 6.92 Å². The van der Waals surface area contributed by atoms with Gasteiger partial charge in [-0.2, -0.15) is 13.2 Å². The molecule has 1 unspecified atom stereocenters. The second-order valence-corrected chi connectivity index (χ2v) is 3.75. The predicted octanol–water partition coefficient (Wildman–Crippen LogP) is 1.62. The fraction of sp³-hybridized carbons (Fsp3) is 1.00. The molecule has 1 rings (SSSR count). The Labute approximate surface area is 82.5 Å². The van der Waals surface area contributed by atoms with E-state index in [1.165, 1.54) is 4.90 Å². The molecule has 14 heavy (non-hydrogen) atoms. The van der Waals surface area contributed by atoms with E-state index in [-0.39, 0.29) is 6.04 Å². The maximum atomic E-state index is 12.1. The molecule has 1 N–H and O–H groups in total. The van der Waals surface area contributed by atoms with E-state index in [1.807, 2.05) is 6.92 Å². The topological polar surface area (TPSA) is 15.3 Å². The number of hydrogen-bond donors (Lipinski definition) is 1. The van der Waals surface area contributed by atoms with Crippen LogP contribution in [-0.2, 0) is 0 Å². The summed E-state index contributed by atoms with van der Waals surface area (Å²) in [4.78, 5) is 1.48. The number of likely N-dealkylation sites (N-methyl/N-ethyl adjacent to an activating group) is 1. The molecule has 0 aromatic rings. The normalized spacial score (nSPS) is 25.3. The maximum Gasteiger partial charge on any atom is 0.401 e. The van der Waals surface area contributed by atoms with Gasteiger partial charge in [0.2, 0.25) is 0 Å². The van der Waals surface area contributed by atoms with Crippen LogP contribution < -0.4 is 5.32 Å². The van der Waals surface area contributed by atoms with Crippen molar-refractivity contribution >= 4 is 0 Å². The van der Waals surface area contributed by atoms with Crippen molar-refractivity contribution in [2.24, 2.45) is 0 Å². The van der Waals surface area contributed by atoms with Crippen LogP contribution in [0.25, 0.3) is 0 Å². The molecule has 0 aromatic heterocycles. The van der Waals surface area contributed by atoms with E-state index in [2.05, 4.69) is 5.32 Å². The highest BCUT2D eigenvalue weighted by Crippen LogP contribution is 2.19. The summed E-state index contributed by atoms with van der Waals surface area (Å²) >= 11 is 0. The number of alkyl halides is 3. The van der Waals surface area contributed by atoms with E-state index in [0.29, 0.717) is 13.1 Å². The largest absolute Gasteiger partial charge is 0.401 e. The SMILES string of the molecule is CCNC1CCCN(CC(F)(F)F)C1. The van der Waals surface area contributed by atoms with E-state index in [9.17, 15) is 13.2 Å². The lowest BCUT2D eigenvalue weighted by Gasteiger charge is -2.33. The zero-order valence-corrected chi connectivity index (χ0v) is 8.40. The molecule has 5 heteroatoms. The van der Waals surface area contributed by atoms with E-state index in [0.717, 1.165) is 19.4 Å². The fourth-order valence-electron chi connectivity index (χ4n) is 1.91. The van der Waals surface area contributed by atoms with Gasteiger partial charge in [0.25, 0.3) is 0 Å². The van der Waals surface area contributed by atoms with Gasteiger partial charge in [-0.15, -0.1) is 0 Å². The number of likely N-dealkylation sites (tertiary alicyclic amines) is 1. The zero-order valence-electron chi connectivity index (χ0n) is 8.40. The minimum Gasteiger partial charge on any atom is -0.313 e. The third-order valence-electron chi connectivity index (χ3n) is 2.40. The first-order valence-electron chi connectivity index (χ1n) is 5.04. The molecule has 1 aliphatic heterocycles. The second kappa shape index (κ2) is 4.98. The fourth-order valence-corrected chi connectivity index (χ4v) is 1.91. The molecule has 84 valence electrons. The Balaban J connectivity index is 2.32. The average Bonchev–Trinajstić information content (AvgIpc) is 2.02. The lowest BCUT2D eigenvalue weighted by molar-refractivity contribution is -0.148. The molecule has 1 atom stereocenters. The Morgan fingerprint density at radius 1 is 1.43 bits per heavy atom. The van der Waals surface area contributed by atoms with Crippen LogP contribution in [0.3, 0.4) is 0 Å². The van der Waals surface area contributed by atoms with E-state index in [4.69, 9.17) is 0 Å². The first-order valence-corrected chi connectivity index (χ1v) is 5.04. The van der Waals surface area contributed by atoms with Gasteiger partial charge in [0.15, 0.2) is 0 Å². The van der Waals surface area contributed by atoms with Gasteiger partial charge < -0.3 is 5.32 Å².